The summed E-state index contributed by atoms with van der Waals surface area (Å²) in [6.45, 7) is 8.72. The molecule has 3 nitrogen and oxygen atoms in total. The fourth-order valence-corrected chi connectivity index (χ4v) is 1.30. The van der Waals surface area contributed by atoms with Crippen LogP contribution in [-0.2, 0) is 4.79 Å². The van der Waals surface area contributed by atoms with Crippen LogP contribution in [0.25, 0.3) is 0 Å². The van der Waals surface area contributed by atoms with Crippen molar-refractivity contribution in [1.82, 2.24) is 5.32 Å². The van der Waals surface area contributed by atoms with E-state index in [0.717, 1.165) is 19.4 Å². The van der Waals surface area contributed by atoms with Gasteiger partial charge in [-0.15, -0.1) is 0 Å². The molecule has 0 spiro atoms. The second-order valence-corrected chi connectivity index (χ2v) is 4.05. The maximum absolute atomic E-state index is 11.0. The lowest BCUT2D eigenvalue weighted by atomic mass is 9.96. The van der Waals surface area contributed by atoms with Gasteiger partial charge in [-0.2, -0.15) is 0 Å². The van der Waals surface area contributed by atoms with Gasteiger partial charge in [-0.1, -0.05) is 33.6 Å². The Labute approximate surface area is 86.9 Å². The quantitative estimate of drug-likeness (QED) is 0.664. The number of carbonyl (C=O) groups is 1. The molecule has 0 bridgehead atoms. The molecule has 0 heterocycles. The Morgan fingerprint density at radius 2 is 1.86 bits per heavy atom. The number of carboxylic acids is 1. The van der Waals surface area contributed by atoms with Crippen LogP contribution in [0, 0.1) is 5.92 Å². The minimum absolute atomic E-state index is 0.584. The summed E-state index contributed by atoms with van der Waals surface area (Å²) in [5, 5.41) is 12.2. The minimum Gasteiger partial charge on any atom is -0.480 e. The highest BCUT2D eigenvalue weighted by atomic mass is 16.4. The Bertz CT molecular complexity index is 178. The van der Waals surface area contributed by atoms with Gasteiger partial charge in [0.05, 0.1) is 0 Å². The monoisotopic (exact) mass is 201 g/mol. The Morgan fingerprint density at radius 1 is 1.36 bits per heavy atom. The van der Waals surface area contributed by atoms with Gasteiger partial charge in [0.15, 0.2) is 0 Å². The molecule has 0 aliphatic rings. The van der Waals surface area contributed by atoms with Crippen LogP contribution < -0.4 is 5.32 Å². The van der Waals surface area contributed by atoms with E-state index in [1.165, 1.54) is 0 Å². The molecule has 2 N–H and O–H groups in total. The van der Waals surface area contributed by atoms with Crippen molar-refractivity contribution >= 4 is 5.97 Å². The summed E-state index contributed by atoms with van der Waals surface area (Å²) in [6.07, 6.45) is 2.81. The molecule has 84 valence electrons. The molecule has 0 saturated heterocycles. The molecular weight excluding hydrogens is 178 g/mol. The Morgan fingerprint density at radius 3 is 2.14 bits per heavy atom. The van der Waals surface area contributed by atoms with Crippen molar-refractivity contribution < 1.29 is 9.90 Å². The zero-order chi connectivity index (χ0) is 11.2. The molecule has 0 aromatic heterocycles. The predicted octanol–water partition coefficient (Wildman–Crippen LogP) is 2.27. The standard InChI is InChI=1S/C11H23NO2/c1-5-9(6-2)8-12-11(4,7-3)10(13)14/h9,12H,5-8H2,1-4H3,(H,13,14). The number of hydrogen-bond acceptors (Lipinski definition) is 2. The number of hydrogen-bond donors (Lipinski definition) is 2. The van der Waals surface area contributed by atoms with E-state index in [9.17, 15) is 4.79 Å². The first kappa shape index (κ1) is 13.4. The topological polar surface area (TPSA) is 49.3 Å². The van der Waals surface area contributed by atoms with Crippen LogP contribution in [-0.4, -0.2) is 23.2 Å². The van der Waals surface area contributed by atoms with Crippen LogP contribution in [0.1, 0.15) is 47.0 Å². The highest BCUT2D eigenvalue weighted by Crippen LogP contribution is 2.12. The average Bonchev–Trinajstić information content (AvgIpc) is 2.18. The second-order valence-electron chi connectivity index (χ2n) is 4.05. The molecule has 1 atom stereocenters. The van der Waals surface area contributed by atoms with Crippen molar-refractivity contribution in [3.8, 4) is 0 Å². The normalized spacial score (nSPS) is 15.5. The van der Waals surface area contributed by atoms with Gasteiger partial charge >= 0.3 is 5.97 Å². The van der Waals surface area contributed by atoms with Gasteiger partial charge in [0.25, 0.3) is 0 Å². The lowest BCUT2D eigenvalue weighted by Crippen LogP contribution is -2.50. The van der Waals surface area contributed by atoms with E-state index in [4.69, 9.17) is 5.11 Å². The zero-order valence-corrected chi connectivity index (χ0v) is 9.76. The first-order valence-corrected chi connectivity index (χ1v) is 5.48. The molecular formula is C11H23NO2. The summed E-state index contributed by atoms with van der Waals surface area (Å²) in [7, 11) is 0. The van der Waals surface area contributed by atoms with Gasteiger partial charge in [0, 0.05) is 0 Å². The van der Waals surface area contributed by atoms with E-state index >= 15 is 0 Å². The Hall–Kier alpha value is -0.570. The molecule has 0 aromatic rings. The smallest absolute Gasteiger partial charge is 0.323 e. The molecule has 0 aliphatic heterocycles. The second kappa shape index (κ2) is 6.02. The molecule has 0 aromatic carbocycles. The summed E-state index contributed by atoms with van der Waals surface area (Å²) < 4.78 is 0. The fourth-order valence-electron chi connectivity index (χ4n) is 1.30. The van der Waals surface area contributed by atoms with Crippen molar-refractivity contribution in [2.75, 3.05) is 6.54 Å². The molecule has 0 amide bonds. The highest BCUT2D eigenvalue weighted by molar-refractivity contribution is 5.78. The molecule has 3 heteroatoms. The number of aliphatic carboxylic acids is 1. The van der Waals surface area contributed by atoms with Crippen LogP contribution in [0.5, 0.6) is 0 Å². The molecule has 0 fully saturated rings. The average molecular weight is 201 g/mol. The summed E-state index contributed by atoms with van der Waals surface area (Å²) in [5.74, 6) is -0.175. The van der Waals surface area contributed by atoms with Crippen molar-refractivity contribution in [2.45, 2.75) is 52.5 Å². The van der Waals surface area contributed by atoms with E-state index < -0.39 is 11.5 Å². The highest BCUT2D eigenvalue weighted by Gasteiger charge is 2.30. The molecule has 0 saturated carbocycles. The van der Waals surface area contributed by atoms with Gasteiger partial charge in [0.1, 0.15) is 5.54 Å². The lowest BCUT2D eigenvalue weighted by molar-refractivity contribution is -0.144. The molecule has 0 radical (unpaired) electrons. The molecule has 0 rings (SSSR count). The number of carboxylic acid groups (broad SMARTS) is 1. The van der Waals surface area contributed by atoms with Crippen molar-refractivity contribution in [3.63, 3.8) is 0 Å². The van der Waals surface area contributed by atoms with Crippen LogP contribution in [0.15, 0.2) is 0 Å². The van der Waals surface area contributed by atoms with E-state index in [0.29, 0.717) is 12.3 Å². The summed E-state index contributed by atoms with van der Waals surface area (Å²) >= 11 is 0. The first-order chi connectivity index (χ1) is 6.50. The van der Waals surface area contributed by atoms with Gasteiger partial charge in [-0.3, -0.25) is 4.79 Å². The molecule has 1 unspecified atom stereocenters. The maximum atomic E-state index is 11.0. The summed E-state index contributed by atoms with van der Waals surface area (Å²) in [4.78, 5) is 11.0. The molecule has 0 aliphatic carbocycles. The van der Waals surface area contributed by atoms with Gasteiger partial charge in [-0.05, 0) is 25.8 Å². The van der Waals surface area contributed by atoms with E-state index in [1.807, 2.05) is 6.92 Å². The van der Waals surface area contributed by atoms with Crippen LogP contribution in [0.2, 0.25) is 0 Å². The largest absolute Gasteiger partial charge is 0.480 e. The first-order valence-electron chi connectivity index (χ1n) is 5.48. The van der Waals surface area contributed by atoms with Gasteiger partial charge in [-0.25, -0.2) is 0 Å². The van der Waals surface area contributed by atoms with Gasteiger partial charge in [0.2, 0.25) is 0 Å². The third-order valence-corrected chi connectivity index (χ3v) is 3.11. The lowest BCUT2D eigenvalue weighted by Gasteiger charge is -2.27. The fraction of sp³-hybridized carbons (Fsp3) is 0.909. The Balaban J connectivity index is 4.13. The number of nitrogens with one attached hydrogen (secondary N) is 1. The van der Waals surface area contributed by atoms with Crippen LogP contribution >= 0.6 is 0 Å². The third kappa shape index (κ3) is 3.66. The zero-order valence-electron chi connectivity index (χ0n) is 9.76. The minimum atomic E-state index is -0.761. The van der Waals surface area contributed by atoms with Gasteiger partial charge < -0.3 is 10.4 Å². The SMILES string of the molecule is CCC(CC)CNC(C)(CC)C(=O)O. The predicted molar refractivity (Wildman–Crippen MR) is 58.4 cm³/mol. The van der Waals surface area contributed by atoms with Crippen molar-refractivity contribution in [2.24, 2.45) is 5.92 Å². The van der Waals surface area contributed by atoms with Crippen molar-refractivity contribution in [3.05, 3.63) is 0 Å². The third-order valence-electron chi connectivity index (χ3n) is 3.11. The maximum Gasteiger partial charge on any atom is 0.323 e. The van der Waals surface area contributed by atoms with E-state index in [-0.39, 0.29) is 0 Å². The summed E-state index contributed by atoms with van der Waals surface area (Å²) in [5.41, 5.74) is -0.761. The van der Waals surface area contributed by atoms with Crippen LogP contribution in [0.4, 0.5) is 0 Å². The number of rotatable bonds is 7. The van der Waals surface area contributed by atoms with Crippen LogP contribution in [0.3, 0.4) is 0 Å². The van der Waals surface area contributed by atoms with E-state index in [1.54, 1.807) is 6.92 Å². The Kier molecular flexibility index (Phi) is 5.77. The molecule has 14 heavy (non-hydrogen) atoms. The van der Waals surface area contributed by atoms with E-state index in [2.05, 4.69) is 19.2 Å². The van der Waals surface area contributed by atoms with Crippen molar-refractivity contribution in [1.29, 1.82) is 0 Å². The summed E-state index contributed by atoms with van der Waals surface area (Å²) in [6, 6.07) is 0.